The quantitative estimate of drug-likeness (QED) is 0.768. The molecule has 0 aliphatic rings. The van der Waals surface area contributed by atoms with E-state index < -0.39 is 0 Å². The van der Waals surface area contributed by atoms with E-state index in [1.165, 1.54) is 12.0 Å². The smallest absolute Gasteiger partial charge is 0.0534 e. The molecule has 1 N–H and O–H groups in total. The summed E-state index contributed by atoms with van der Waals surface area (Å²) in [6.07, 6.45) is 5.22. The fourth-order valence-corrected chi connectivity index (χ4v) is 1.16. The van der Waals surface area contributed by atoms with Gasteiger partial charge in [0.2, 0.25) is 0 Å². The van der Waals surface area contributed by atoms with Crippen molar-refractivity contribution < 1.29 is 0 Å². The van der Waals surface area contributed by atoms with Gasteiger partial charge in [0.1, 0.15) is 0 Å². The molecule has 1 aromatic heterocycles. The zero-order chi connectivity index (χ0) is 9.68. The molecule has 0 radical (unpaired) electrons. The van der Waals surface area contributed by atoms with Crippen LogP contribution >= 0.6 is 12.4 Å². The van der Waals surface area contributed by atoms with E-state index in [1.54, 1.807) is 0 Å². The molecule has 0 aliphatic carbocycles. The van der Waals surface area contributed by atoms with E-state index in [4.69, 9.17) is 0 Å². The second-order valence-electron chi connectivity index (χ2n) is 3.60. The summed E-state index contributed by atoms with van der Waals surface area (Å²) in [4.78, 5) is 0. The van der Waals surface area contributed by atoms with Crippen LogP contribution in [-0.4, -0.2) is 16.3 Å². The predicted octanol–water partition coefficient (Wildman–Crippen LogP) is 2.39. The van der Waals surface area contributed by atoms with Crippen LogP contribution < -0.4 is 5.32 Å². The van der Waals surface area contributed by atoms with Gasteiger partial charge in [0, 0.05) is 24.3 Å². The van der Waals surface area contributed by atoms with Crippen LogP contribution in [0.1, 0.15) is 38.8 Å². The molecule has 0 saturated carbocycles. The van der Waals surface area contributed by atoms with E-state index >= 15 is 0 Å². The summed E-state index contributed by atoms with van der Waals surface area (Å²) in [6.45, 7) is 8.45. The molecule has 1 rings (SSSR count). The Bertz CT molecular complexity index is 245. The molecule has 3 nitrogen and oxygen atoms in total. The fourth-order valence-electron chi connectivity index (χ4n) is 1.16. The van der Waals surface area contributed by atoms with Crippen LogP contribution in [0.15, 0.2) is 12.4 Å². The average Bonchev–Trinajstić information content (AvgIpc) is 2.53. The molecule has 0 spiro atoms. The van der Waals surface area contributed by atoms with Crippen molar-refractivity contribution in [2.24, 2.45) is 0 Å². The molecule has 4 heteroatoms. The van der Waals surface area contributed by atoms with E-state index in [0.717, 1.165) is 13.1 Å². The van der Waals surface area contributed by atoms with Crippen LogP contribution in [0.4, 0.5) is 0 Å². The van der Waals surface area contributed by atoms with Crippen molar-refractivity contribution in [1.82, 2.24) is 15.1 Å². The minimum Gasteiger partial charge on any atom is -0.313 e. The van der Waals surface area contributed by atoms with Gasteiger partial charge < -0.3 is 5.32 Å². The lowest BCUT2D eigenvalue weighted by Gasteiger charge is -2.03. The van der Waals surface area contributed by atoms with Crippen LogP contribution in [0.3, 0.4) is 0 Å². The third kappa shape index (κ3) is 4.11. The highest BCUT2D eigenvalue weighted by Crippen LogP contribution is 2.04. The molecule has 0 unspecified atom stereocenters. The van der Waals surface area contributed by atoms with Gasteiger partial charge in [0.25, 0.3) is 0 Å². The fraction of sp³-hybridized carbons (Fsp3) is 0.700. The Balaban J connectivity index is 0.00000169. The Kier molecular flexibility index (Phi) is 6.58. The molecule has 0 fully saturated rings. The van der Waals surface area contributed by atoms with Crippen LogP contribution in [0.5, 0.6) is 0 Å². The number of hydrogen-bond donors (Lipinski definition) is 1. The maximum atomic E-state index is 4.27. The molecular formula is C10H20ClN3. The van der Waals surface area contributed by atoms with Gasteiger partial charge in [-0.05, 0) is 26.8 Å². The number of rotatable bonds is 5. The van der Waals surface area contributed by atoms with Gasteiger partial charge >= 0.3 is 0 Å². The van der Waals surface area contributed by atoms with Crippen molar-refractivity contribution in [3.8, 4) is 0 Å². The van der Waals surface area contributed by atoms with E-state index in [2.05, 4.69) is 37.4 Å². The maximum Gasteiger partial charge on any atom is 0.0534 e. The van der Waals surface area contributed by atoms with E-state index in [9.17, 15) is 0 Å². The first-order valence-corrected chi connectivity index (χ1v) is 4.97. The lowest BCUT2D eigenvalue weighted by molar-refractivity contribution is 0.531. The Morgan fingerprint density at radius 3 is 2.71 bits per heavy atom. The molecule has 1 heterocycles. The minimum absolute atomic E-state index is 0. The molecule has 0 aliphatic heterocycles. The molecule has 14 heavy (non-hydrogen) atoms. The first-order valence-electron chi connectivity index (χ1n) is 4.97. The Labute approximate surface area is 92.3 Å². The van der Waals surface area contributed by atoms with E-state index in [0.29, 0.717) is 6.04 Å². The highest BCUT2D eigenvalue weighted by molar-refractivity contribution is 5.85. The molecule has 0 aromatic carbocycles. The van der Waals surface area contributed by atoms with Crippen molar-refractivity contribution >= 4 is 12.4 Å². The lowest BCUT2D eigenvalue weighted by atomic mass is 10.3. The number of nitrogens with zero attached hydrogens (tertiary/aromatic N) is 2. The van der Waals surface area contributed by atoms with Gasteiger partial charge in [-0.15, -0.1) is 12.4 Å². The Hall–Kier alpha value is -0.540. The van der Waals surface area contributed by atoms with Gasteiger partial charge in [-0.3, -0.25) is 4.68 Å². The first-order chi connectivity index (χ1) is 6.24. The second kappa shape index (κ2) is 6.85. The van der Waals surface area contributed by atoms with Gasteiger partial charge in [-0.25, -0.2) is 0 Å². The average molecular weight is 218 g/mol. The zero-order valence-corrected chi connectivity index (χ0v) is 9.97. The van der Waals surface area contributed by atoms with Crippen molar-refractivity contribution in [3.63, 3.8) is 0 Å². The standard InChI is InChI=1S/C10H19N3.ClH/c1-4-5-11-6-10-7-12-13(8-10)9(2)3;/h7-9,11H,4-6H2,1-3H3;1H. The van der Waals surface area contributed by atoms with Crippen molar-refractivity contribution in [1.29, 1.82) is 0 Å². The number of aromatic nitrogens is 2. The van der Waals surface area contributed by atoms with Crippen LogP contribution in [0, 0.1) is 0 Å². The lowest BCUT2D eigenvalue weighted by Crippen LogP contribution is -2.13. The van der Waals surface area contributed by atoms with Gasteiger partial charge in [0.15, 0.2) is 0 Å². The van der Waals surface area contributed by atoms with Crippen LogP contribution in [-0.2, 0) is 6.54 Å². The summed E-state index contributed by atoms with van der Waals surface area (Å²) in [5.74, 6) is 0. The predicted molar refractivity (Wildman–Crippen MR) is 61.9 cm³/mol. The summed E-state index contributed by atoms with van der Waals surface area (Å²) in [7, 11) is 0. The number of nitrogens with one attached hydrogen (secondary N) is 1. The monoisotopic (exact) mass is 217 g/mol. The summed E-state index contributed by atoms with van der Waals surface area (Å²) in [5, 5.41) is 7.62. The summed E-state index contributed by atoms with van der Waals surface area (Å²) in [5.41, 5.74) is 1.27. The third-order valence-electron chi connectivity index (χ3n) is 1.94. The molecule has 0 saturated heterocycles. The number of hydrogen-bond acceptors (Lipinski definition) is 2. The van der Waals surface area contributed by atoms with E-state index in [-0.39, 0.29) is 12.4 Å². The van der Waals surface area contributed by atoms with Crippen molar-refractivity contribution in [3.05, 3.63) is 18.0 Å². The van der Waals surface area contributed by atoms with E-state index in [1.807, 2.05) is 10.9 Å². The number of halogens is 1. The van der Waals surface area contributed by atoms with Crippen LogP contribution in [0.2, 0.25) is 0 Å². The van der Waals surface area contributed by atoms with Crippen molar-refractivity contribution in [2.75, 3.05) is 6.54 Å². The topological polar surface area (TPSA) is 29.9 Å². The Morgan fingerprint density at radius 2 is 2.21 bits per heavy atom. The van der Waals surface area contributed by atoms with Gasteiger partial charge in [0.05, 0.1) is 6.20 Å². The normalized spacial score (nSPS) is 10.3. The Morgan fingerprint density at radius 1 is 1.50 bits per heavy atom. The zero-order valence-electron chi connectivity index (χ0n) is 9.16. The maximum absolute atomic E-state index is 4.27. The molecule has 0 atom stereocenters. The first kappa shape index (κ1) is 13.5. The molecule has 0 bridgehead atoms. The molecule has 1 aromatic rings. The third-order valence-corrected chi connectivity index (χ3v) is 1.94. The SMILES string of the molecule is CCCNCc1cnn(C(C)C)c1.Cl. The van der Waals surface area contributed by atoms with Crippen molar-refractivity contribution in [2.45, 2.75) is 39.8 Å². The highest BCUT2D eigenvalue weighted by atomic mass is 35.5. The minimum atomic E-state index is 0. The highest BCUT2D eigenvalue weighted by Gasteiger charge is 2.00. The van der Waals surface area contributed by atoms with Gasteiger partial charge in [-0.1, -0.05) is 6.92 Å². The largest absolute Gasteiger partial charge is 0.313 e. The van der Waals surface area contributed by atoms with Crippen LogP contribution in [0.25, 0.3) is 0 Å². The second-order valence-corrected chi connectivity index (χ2v) is 3.60. The molecular weight excluding hydrogens is 198 g/mol. The van der Waals surface area contributed by atoms with Gasteiger partial charge in [-0.2, -0.15) is 5.10 Å². The molecule has 82 valence electrons. The summed E-state index contributed by atoms with van der Waals surface area (Å²) < 4.78 is 1.99. The summed E-state index contributed by atoms with van der Waals surface area (Å²) >= 11 is 0. The summed E-state index contributed by atoms with van der Waals surface area (Å²) in [6, 6.07) is 0.458. The molecule has 0 amide bonds.